The van der Waals surface area contributed by atoms with E-state index in [-0.39, 0.29) is 30.6 Å². The Morgan fingerprint density at radius 2 is 1.85 bits per heavy atom. The lowest BCUT2D eigenvalue weighted by Gasteiger charge is -2.05. The number of nitrogens with two attached hydrogens (primary N) is 1. The maximum atomic E-state index is 12.9. The van der Waals surface area contributed by atoms with Crippen molar-refractivity contribution in [3.63, 3.8) is 0 Å². The molecule has 1 aliphatic rings. The number of nitrogens with zero attached hydrogens (tertiary/aromatic N) is 1. The summed E-state index contributed by atoms with van der Waals surface area (Å²) in [5, 5.41) is 7.78. The molecule has 20 heavy (non-hydrogen) atoms. The van der Waals surface area contributed by atoms with Crippen molar-refractivity contribution in [2.75, 3.05) is 20.6 Å². The zero-order valence-electron chi connectivity index (χ0n) is 11.7. The zero-order valence-corrected chi connectivity index (χ0v) is 13.2. The Morgan fingerprint density at radius 3 is 2.45 bits per heavy atom. The van der Waals surface area contributed by atoms with Gasteiger partial charge >= 0.3 is 0 Å². The number of rotatable bonds is 5. The minimum atomic E-state index is -0.199. The minimum Gasteiger partial charge on any atom is -1.00 e. The van der Waals surface area contributed by atoms with Crippen LogP contribution < -0.4 is 35.1 Å². The maximum absolute atomic E-state index is 12.9. The van der Waals surface area contributed by atoms with E-state index in [2.05, 4.69) is 23.5 Å². The highest BCUT2D eigenvalue weighted by Gasteiger charge is 2.21. The summed E-state index contributed by atoms with van der Waals surface area (Å²) in [4.78, 5) is 0. The van der Waals surface area contributed by atoms with Gasteiger partial charge in [0.05, 0.1) is 20.6 Å². The summed E-state index contributed by atoms with van der Waals surface area (Å²) in [5.74, 6) is -0.199. The van der Waals surface area contributed by atoms with Crippen LogP contribution in [0.15, 0.2) is 35.4 Å². The van der Waals surface area contributed by atoms with Gasteiger partial charge in [0, 0.05) is 24.5 Å². The van der Waals surface area contributed by atoms with E-state index in [1.807, 2.05) is 19.2 Å². The van der Waals surface area contributed by atoms with E-state index >= 15 is 0 Å². The normalized spacial score (nSPS) is 16.9. The number of quaternary nitrogens is 2. The number of hydrogen-bond acceptors (Lipinski definition) is 1. The Hall–Kier alpha value is -0.940. The van der Waals surface area contributed by atoms with Crippen LogP contribution in [-0.2, 0) is 0 Å². The second kappa shape index (κ2) is 9.08. The van der Waals surface area contributed by atoms with E-state index in [1.165, 1.54) is 12.1 Å². The highest BCUT2D eigenvalue weighted by molar-refractivity contribution is 6.00. The van der Waals surface area contributed by atoms with Crippen molar-refractivity contribution in [3.8, 4) is 0 Å². The van der Waals surface area contributed by atoms with Crippen molar-refractivity contribution >= 4 is 11.4 Å². The summed E-state index contributed by atoms with van der Waals surface area (Å²) in [6.07, 6.45) is 4.26. The number of hydrogen-bond donors (Lipinski definition) is 2. The first-order valence-corrected chi connectivity index (χ1v) is 6.37. The molecule has 0 radical (unpaired) electrons. The average molecular weight is 320 g/mol. The lowest BCUT2D eigenvalue weighted by atomic mass is 10.1. The van der Waals surface area contributed by atoms with Crippen LogP contribution in [0.5, 0.6) is 0 Å². The van der Waals surface area contributed by atoms with Crippen molar-refractivity contribution in [2.24, 2.45) is 5.10 Å². The van der Waals surface area contributed by atoms with Gasteiger partial charge in [0.15, 0.2) is 5.70 Å². The molecule has 1 aromatic rings. The van der Waals surface area contributed by atoms with Gasteiger partial charge in [-0.05, 0) is 24.3 Å². The molecule has 1 aromatic carbocycles. The third kappa shape index (κ3) is 4.87. The van der Waals surface area contributed by atoms with Gasteiger partial charge in [-0.1, -0.05) is 5.10 Å². The molecule has 2 rings (SSSR count). The summed E-state index contributed by atoms with van der Waals surface area (Å²) < 4.78 is 12.9. The molecule has 0 aliphatic carbocycles. The minimum absolute atomic E-state index is 0. The van der Waals surface area contributed by atoms with Gasteiger partial charge in [-0.15, -0.1) is 0 Å². The van der Waals surface area contributed by atoms with Crippen LogP contribution in [0.25, 0.3) is 5.70 Å². The van der Waals surface area contributed by atoms with E-state index < -0.39 is 0 Å². The second-order valence-corrected chi connectivity index (χ2v) is 4.55. The molecular weight excluding hydrogens is 300 g/mol. The van der Waals surface area contributed by atoms with Crippen molar-refractivity contribution in [2.45, 2.75) is 12.8 Å². The number of nitrogens with one attached hydrogen (secondary N) is 1. The molecule has 0 saturated heterocycles. The average Bonchev–Trinajstić information content (AvgIpc) is 2.72. The lowest BCUT2D eigenvalue weighted by molar-refractivity contribution is -0.807. The number of allylic oxidation sites excluding steroid dienone is 1. The van der Waals surface area contributed by atoms with Crippen LogP contribution >= 0.6 is 0 Å². The molecule has 0 bridgehead atoms. The van der Waals surface area contributed by atoms with E-state index in [1.54, 1.807) is 0 Å². The van der Waals surface area contributed by atoms with Gasteiger partial charge in [0.1, 0.15) is 11.5 Å². The summed E-state index contributed by atoms with van der Waals surface area (Å²) in [6, 6.07) is 6.60. The second-order valence-electron chi connectivity index (χ2n) is 4.55. The van der Waals surface area contributed by atoms with Crippen LogP contribution in [0, 0.1) is 5.82 Å². The van der Waals surface area contributed by atoms with E-state index in [0.717, 1.165) is 41.4 Å². The summed E-state index contributed by atoms with van der Waals surface area (Å²) in [6.45, 7) is 1.12. The summed E-state index contributed by atoms with van der Waals surface area (Å²) >= 11 is 0. The van der Waals surface area contributed by atoms with Gasteiger partial charge in [0.25, 0.3) is 0 Å². The quantitative estimate of drug-likeness (QED) is 0.507. The molecule has 0 spiro atoms. The highest BCUT2D eigenvalue weighted by Crippen LogP contribution is 2.13. The first kappa shape index (κ1) is 19.1. The predicted octanol–water partition coefficient (Wildman–Crippen LogP) is -5.97. The summed E-state index contributed by atoms with van der Waals surface area (Å²) in [7, 11) is 4.09. The molecule has 1 unspecified atom stereocenters. The SMILES string of the molecule is C[NH2+]CCCC1=N[NH+](C)C(c2ccc(F)cc2)=C1.[Cl-].[Cl-]. The first-order chi connectivity index (χ1) is 8.70. The molecule has 3 N–H and O–H groups in total. The largest absolute Gasteiger partial charge is 1.00 e. The highest BCUT2D eigenvalue weighted by atomic mass is 35.5. The van der Waals surface area contributed by atoms with Crippen molar-refractivity contribution in [1.29, 1.82) is 0 Å². The molecule has 1 atom stereocenters. The van der Waals surface area contributed by atoms with Crippen LogP contribution in [0.1, 0.15) is 18.4 Å². The lowest BCUT2D eigenvalue weighted by Crippen LogP contribution is -3.00. The first-order valence-electron chi connectivity index (χ1n) is 6.37. The molecule has 112 valence electrons. The zero-order chi connectivity index (χ0) is 13.0. The van der Waals surface area contributed by atoms with Crippen LogP contribution in [0.3, 0.4) is 0 Å². The van der Waals surface area contributed by atoms with Crippen molar-refractivity contribution in [1.82, 2.24) is 0 Å². The Bertz CT molecular complexity index is 472. The fraction of sp³-hybridized carbons (Fsp3) is 0.357. The summed E-state index contributed by atoms with van der Waals surface area (Å²) in [5.41, 5.74) is 3.29. The van der Waals surface area contributed by atoms with Crippen LogP contribution in [0.4, 0.5) is 4.39 Å². The predicted molar refractivity (Wildman–Crippen MR) is 70.6 cm³/mol. The van der Waals surface area contributed by atoms with E-state index in [9.17, 15) is 4.39 Å². The van der Waals surface area contributed by atoms with E-state index in [4.69, 9.17) is 0 Å². The number of benzene rings is 1. The third-order valence-corrected chi connectivity index (χ3v) is 3.09. The molecular formula is C14H20Cl2FN3. The van der Waals surface area contributed by atoms with Gasteiger partial charge in [0.2, 0.25) is 0 Å². The molecule has 0 fully saturated rings. The van der Waals surface area contributed by atoms with Gasteiger partial charge in [-0.2, -0.15) is 5.01 Å². The third-order valence-electron chi connectivity index (χ3n) is 3.09. The molecule has 6 heteroatoms. The fourth-order valence-corrected chi connectivity index (χ4v) is 2.12. The van der Waals surface area contributed by atoms with Gasteiger partial charge < -0.3 is 30.1 Å². The van der Waals surface area contributed by atoms with Gasteiger partial charge in [-0.25, -0.2) is 4.39 Å². The molecule has 0 amide bonds. The fourth-order valence-electron chi connectivity index (χ4n) is 2.12. The molecule has 0 saturated carbocycles. The molecule has 3 nitrogen and oxygen atoms in total. The van der Waals surface area contributed by atoms with E-state index in [0.29, 0.717) is 0 Å². The standard InChI is InChI=1S/C14H18FN3.2ClH/c1-16-9-3-4-13-10-14(18(2)17-13)11-5-7-12(15)8-6-11;;/h5-8,10,16H,3-4,9H2,1-2H3;2*1H. The molecule has 0 aromatic heterocycles. The monoisotopic (exact) mass is 319 g/mol. The van der Waals surface area contributed by atoms with Crippen molar-refractivity contribution in [3.05, 3.63) is 41.7 Å². The molecule has 1 aliphatic heterocycles. The Kier molecular flexibility index (Phi) is 8.65. The topological polar surface area (TPSA) is 33.4 Å². The number of halogens is 3. The smallest absolute Gasteiger partial charge is 0.166 e. The van der Waals surface area contributed by atoms with Crippen molar-refractivity contribution < 1.29 is 39.5 Å². The Balaban J connectivity index is 0.00000180. The van der Waals surface area contributed by atoms with Crippen LogP contribution in [0.2, 0.25) is 0 Å². The Morgan fingerprint density at radius 1 is 1.20 bits per heavy atom. The molecule has 1 heterocycles. The van der Waals surface area contributed by atoms with Gasteiger partial charge in [-0.3, -0.25) is 0 Å². The Labute approximate surface area is 131 Å². The van der Waals surface area contributed by atoms with Crippen LogP contribution in [-0.4, -0.2) is 26.4 Å². The maximum Gasteiger partial charge on any atom is 0.166 e.